The Labute approximate surface area is 118 Å². The van der Waals surface area contributed by atoms with E-state index in [-0.39, 0.29) is 11.9 Å². The van der Waals surface area contributed by atoms with Crippen molar-refractivity contribution >= 4 is 0 Å². The summed E-state index contributed by atoms with van der Waals surface area (Å²) in [6.07, 6.45) is 3.25. The number of nitrogens with one attached hydrogen (secondary N) is 1. The van der Waals surface area contributed by atoms with Gasteiger partial charge in [-0.15, -0.1) is 0 Å². The van der Waals surface area contributed by atoms with Crippen LogP contribution in [-0.2, 0) is 6.42 Å². The lowest BCUT2D eigenvalue weighted by molar-refractivity contribution is 0.406. The maximum Gasteiger partial charge on any atom is 0.131 e. The third kappa shape index (κ3) is 3.61. The lowest BCUT2D eigenvalue weighted by atomic mass is 10.0. The van der Waals surface area contributed by atoms with E-state index in [4.69, 9.17) is 9.15 Å². The zero-order valence-electron chi connectivity index (χ0n) is 11.9. The van der Waals surface area contributed by atoms with Gasteiger partial charge < -0.3 is 14.5 Å². The minimum atomic E-state index is -0.260. The van der Waals surface area contributed by atoms with Crippen molar-refractivity contribution in [2.24, 2.45) is 0 Å². The van der Waals surface area contributed by atoms with Crippen molar-refractivity contribution in [2.45, 2.75) is 25.8 Å². The molecule has 0 fully saturated rings. The molecule has 1 atom stereocenters. The van der Waals surface area contributed by atoms with Crippen LogP contribution in [-0.4, -0.2) is 13.7 Å². The molecule has 0 amide bonds. The van der Waals surface area contributed by atoms with Gasteiger partial charge in [-0.25, -0.2) is 4.39 Å². The van der Waals surface area contributed by atoms with Crippen molar-refractivity contribution in [3.8, 4) is 5.75 Å². The molecule has 0 spiro atoms. The zero-order valence-corrected chi connectivity index (χ0v) is 11.9. The second-order valence-electron chi connectivity index (χ2n) is 4.68. The molecule has 0 bridgehead atoms. The molecule has 20 heavy (non-hydrogen) atoms. The van der Waals surface area contributed by atoms with E-state index >= 15 is 0 Å². The van der Waals surface area contributed by atoms with Crippen molar-refractivity contribution in [3.05, 3.63) is 53.7 Å². The third-order valence-corrected chi connectivity index (χ3v) is 3.21. The van der Waals surface area contributed by atoms with Crippen molar-refractivity contribution in [1.82, 2.24) is 5.32 Å². The highest BCUT2D eigenvalue weighted by molar-refractivity contribution is 5.31. The van der Waals surface area contributed by atoms with E-state index in [1.54, 1.807) is 18.4 Å². The summed E-state index contributed by atoms with van der Waals surface area (Å²) < 4.78 is 24.6. The molecule has 0 saturated heterocycles. The topological polar surface area (TPSA) is 34.4 Å². The summed E-state index contributed by atoms with van der Waals surface area (Å²) in [7, 11) is 1.53. The van der Waals surface area contributed by atoms with Crippen LogP contribution in [0.2, 0.25) is 0 Å². The molecule has 1 aromatic carbocycles. The van der Waals surface area contributed by atoms with Gasteiger partial charge in [0.15, 0.2) is 0 Å². The van der Waals surface area contributed by atoms with Crippen LogP contribution in [0.4, 0.5) is 4.39 Å². The Hall–Kier alpha value is -1.81. The number of rotatable bonds is 7. The number of ether oxygens (including phenoxy) is 1. The summed E-state index contributed by atoms with van der Waals surface area (Å²) in [5.74, 6) is 1.11. The molecule has 108 valence electrons. The Balaban J connectivity index is 2.21. The predicted octanol–water partition coefficient (Wildman–Crippen LogP) is 3.71. The highest BCUT2D eigenvalue weighted by atomic mass is 19.1. The van der Waals surface area contributed by atoms with E-state index in [0.29, 0.717) is 17.7 Å². The average molecular weight is 277 g/mol. The second-order valence-corrected chi connectivity index (χ2v) is 4.68. The van der Waals surface area contributed by atoms with Gasteiger partial charge in [0.1, 0.15) is 17.3 Å². The predicted molar refractivity (Wildman–Crippen MR) is 76.4 cm³/mol. The monoisotopic (exact) mass is 277 g/mol. The van der Waals surface area contributed by atoms with E-state index in [9.17, 15) is 4.39 Å². The Morgan fingerprint density at radius 1 is 1.35 bits per heavy atom. The molecule has 2 aromatic rings. The SMILES string of the molecule is CCCNC(Cc1ccco1)c1ccc(OC)cc1F. The smallest absolute Gasteiger partial charge is 0.131 e. The van der Waals surface area contributed by atoms with E-state index in [1.807, 2.05) is 12.1 Å². The van der Waals surface area contributed by atoms with E-state index in [1.165, 1.54) is 13.2 Å². The molecular formula is C16H20FNO2. The minimum Gasteiger partial charge on any atom is -0.497 e. The zero-order chi connectivity index (χ0) is 14.4. The molecule has 0 aliphatic heterocycles. The van der Waals surface area contributed by atoms with Crippen LogP contribution in [0.25, 0.3) is 0 Å². The summed E-state index contributed by atoms with van der Waals surface area (Å²) in [6, 6.07) is 8.61. The first kappa shape index (κ1) is 14.6. The number of halogens is 1. The van der Waals surface area contributed by atoms with Gasteiger partial charge in [0.05, 0.1) is 13.4 Å². The summed E-state index contributed by atoms with van der Waals surface area (Å²) in [4.78, 5) is 0. The van der Waals surface area contributed by atoms with Crippen LogP contribution in [0.5, 0.6) is 5.75 Å². The van der Waals surface area contributed by atoms with Gasteiger partial charge in [-0.1, -0.05) is 13.0 Å². The van der Waals surface area contributed by atoms with Crippen molar-refractivity contribution in [1.29, 1.82) is 0 Å². The van der Waals surface area contributed by atoms with Crippen molar-refractivity contribution in [2.75, 3.05) is 13.7 Å². The molecule has 1 heterocycles. The van der Waals surface area contributed by atoms with Crippen LogP contribution in [0.1, 0.15) is 30.7 Å². The molecule has 4 heteroatoms. The Kier molecular flexibility index (Phi) is 5.18. The summed E-state index contributed by atoms with van der Waals surface area (Å²) in [5, 5.41) is 3.36. The molecule has 2 rings (SSSR count). The van der Waals surface area contributed by atoms with Crippen LogP contribution in [0.15, 0.2) is 41.0 Å². The number of furan rings is 1. The largest absolute Gasteiger partial charge is 0.497 e. The molecule has 3 nitrogen and oxygen atoms in total. The first-order valence-corrected chi connectivity index (χ1v) is 6.83. The number of benzene rings is 1. The molecule has 0 saturated carbocycles. The summed E-state index contributed by atoms with van der Waals surface area (Å²) in [5.41, 5.74) is 0.635. The molecule has 1 unspecified atom stereocenters. The van der Waals surface area contributed by atoms with Gasteiger partial charge in [0.25, 0.3) is 0 Å². The fraction of sp³-hybridized carbons (Fsp3) is 0.375. The Morgan fingerprint density at radius 2 is 2.20 bits per heavy atom. The van der Waals surface area contributed by atoms with Crippen LogP contribution in [0.3, 0.4) is 0 Å². The number of methoxy groups -OCH3 is 1. The van der Waals surface area contributed by atoms with Crippen LogP contribution in [0, 0.1) is 5.82 Å². The van der Waals surface area contributed by atoms with E-state index in [0.717, 1.165) is 18.7 Å². The fourth-order valence-corrected chi connectivity index (χ4v) is 2.16. The van der Waals surface area contributed by atoms with Crippen LogP contribution < -0.4 is 10.1 Å². The molecule has 0 aliphatic carbocycles. The lowest BCUT2D eigenvalue weighted by Crippen LogP contribution is -2.24. The second kappa shape index (κ2) is 7.10. The van der Waals surface area contributed by atoms with Crippen molar-refractivity contribution < 1.29 is 13.5 Å². The van der Waals surface area contributed by atoms with Gasteiger partial charge >= 0.3 is 0 Å². The van der Waals surface area contributed by atoms with Crippen molar-refractivity contribution in [3.63, 3.8) is 0 Å². The maximum atomic E-state index is 14.2. The average Bonchev–Trinajstić information content (AvgIpc) is 2.96. The molecule has 0 aliphatic rings. The fourth-order valence-electron chi connectivity index (χ4n) is 2.16. The van der Waals surface area contributed by atoms with Gasteiger partial charge in [0.2, 0.25) is 0 Å². The van der Waals surface area contributed by atoms with E-state index in [2.05, 4.69) is 12.2 Å². The summed E-state index contributed by atoms with van der Waals surface area (Å²) >= 11 is 0. The Morgan fingerprint density at radius 3 is 2.80 bits per heavy atom. The summed E-state index contributed by atoms with van der Waals surface area (Å²) in [6.45, 7) is 2.91. The molecular weight excluding hydrogens is 257 g/mol. The van der Waals surface area contributed by atoms with Gasteiger partial charge in [-0.3, -0.25) is 0 Å². The molecule has 0 radical (unpaired) electrons. The third-order valence-electron chi connectivity index (χ3n) is 3.21. The molecule has 1 N–H and O–H groups in total. The maximum absolute atomic E-state index is 14.2. The lowest BCUT2D eigenvalue weighted by Gasteiger charge is -2.19. The highest BCUT2D eigenvalue weighted by Crippen LogP contribution is 2.25. The quantitative estimate of drug-likeness (QED) is 0.837. The normalized spacial score (nSPS) is 12.3. The number of hydrogen-bond acceptors (Lipinski definition) is 3. The van der Waals surface area contributed by atoms with Gasteiger partial charge in [-0.05, 0) is 31.2 Å². The standard InChI is InChI=1S/C16H20FNO2/c1-3-8-18-16(11-13-5-4-9-20-13)14-7-6-12(19-2)10-15(14)17/h4-7,9-10,16,18H,3,8,11H2,1-2H3. The number of hydrogen-bond donors (Lipinski definition) is 1. The first-order chi connectivity index (χ1) is 9.74. The van der Waals surface area contributed by atoms with Gasteiger partial charge in [0, 0.05) is 24.1 Å². The minimum absolute atomic E-state index is 0.105. The highest BCUT2D eigenvalue weighted by Gasteiger charge is 2.17. The van der Waals surface area contributed by atoms with Gasteiger partial charge in [-0.2, -0.15) is 0 Å². The first-order valence-electron chi connectivity index (χ1n) is 6.83. The van der Waals surface area contributed by atoms with E-state index < -0.39 is 0 Å². The Bertz CT molecular complexity index is 525. The van der Waals surface area contributed by atoms with Crippen LogP contribution >= 0.6 is 0 Å². The molecule has 1 aromatic heterocycles.